The molecule has 0 bridgehead atoms. The number of hydrogen-bond acceptors (Lipinski definition) is 6. The first-order chi connectivity index (χ1) is 13.0. The van der Waals surface area contributed by atoms with Gasteiger partial charge in [-0.15, -0.1) is 0 Å². The Morgan fingerprint density at radius 1 is 1.30 bits per heavy atom. The van der Waals surface area contributed by atoms with E-state index in [1.54, 1.807) is 0 Å². The molecule has 1 saturated heterocycles. The van der Waals surface area contributed by atoms with Crippen molar-refractivity contribution in [2.24, 2.45) is 0 Å². The topological polar surface area (TPSA) is 107 Å². The lowest BCUT2D eigenvalue weighted by Gasteiger charge is -2.12. The minimum Gasteiger partial charge on any atom is -0.434 e. The smallest absolute Gasteiger partial charge is 0.415 e. The highest BCUT2D eigenvalue weighted by Gasteiger charge is 2.37. The molecule has 1 aliphatic heterocycles. The molecule has 3 aromatic rings. The van der Waals surface area contributed by atoms with Crippen LogP contribution in [0.25, 0.3) is 17.1 Å². The van der Waals surface area contributed by atoms with Crippen molar-refractivity contribution in [2.45, 2.75) is 6.10 Å². The molecule has 0 unspecified atom stereocenters. The summed E-state index contributed by atoms with van der Waals surface area (Å²) in [5.41, 5.74) is 0.0748. The largest absolute Gasteiger partial charge is 0.434 e. The van der Waals surface area contributed by atoms with Crippen molar-refractivity contribution in [3.05, 3.63) is 52.7 Å². The molecule has 0 spiro atoms. The van der Waals surface area contributed by atoms with Gasteiger partial charge in [-0.2, -0.15) is 4.98 Å². The molecule has 9 nitrogen and oxygen atoms in total. The maximum atomic E-state index is 14.5. The average molecular weight is 372 g/mol. The van der Waals surface area contributed by atoms with E-state index in [2.05, 4.69) is 10.3 Å². The number of ether oxygens (including phenoxy) is 1. The summed E-state index contributed by atoms with van der Waals surface area (Å²) in [5.74, 6) is -1.15. The van der Waals surface area contributed by atoms with Crippen LogP contribution in [0.1, 0.15) is 0 Å². The van der Waals surface area contributed by atoms with E-state index in [1.165, 1.54) is 42.2 Å². The third kappa shape index (κ3) is 2.90. The number of amides is 2. The van der Waals surface area contributed by atoms with Gasteiger partial charge in [-0.1, -0.05) is 0 Å². The molecule has 3 heterocycles. The van der Waals surface area contributed by atoms with Gasteiger partial charge in [0.1, 0.15) is 5.52 Å². The molecular weight excluding hydrogens is 359 g/mol. The highest BCUT2D eigenvalue weighted by Crippen LogP contribution is 2.29. The summed E-state index contributed by atoms with van der Waals surface area (Å²) in [5, 5.41) is 2.40. The van der Waals surface area contributed by atoms with Crippen LogP contribution >= 0.6 is 0 Å². The molecule has 1 atom stereocenters. The lowest BCUT2D eigenvalue weighted by atomic mass is 10.2. The molecule has 27 heavy (non-hydrogen) atoms. The van der Waals surface area contributed by atoms with Gasteiger partial charge in [-0.25, -0.2) is 9.18 Å². The van der Waals surface area contributed by atoms with E-state index < -0.39 is 23.9 Å². The third-order valence-corrected chi connectivity index (χ3v) is 4.10. The number of likely N-dealkylation sites (N-methyl/N-ethyl adjacent to an activating group) is 1. The van der Waals surface area contributed by atoms with Gasteiger partial charge in [-0.05, 0) is 0 Å². The van der Waals surface area contributed by atoms with Gasteiger partial charge in [0.05, 0.1) is 12.2 Å². The molecule has 0 saturated carbocycles. The number of rotatable bonds is 3. The van der Waals surface area contributed by atoms with Gasteiger partial charge in [0.15, 0.2) is 22.9 Å². The summed E-state index contributed by atoms with van der Waals surface area (Å²) in [6.45, 7) is -0.0514. The molecule has 4 rings (SSSR count). The minimum absolute atomic E-state index is 0.0251. The van der Waals surface area contributed by atoms with E-state index in [1.807, 2.05) is 0 Å². The van der Waals surface area contributed by atoms with Gasteiger partial charge in [0.25, 0.3) is 5.91 Å². The van der Waals surface area contributed by atoms with E-state index in [9.17, 15) is 18.8 Å². The van der Waals surface area contributed by atoms with Crippen LogP contribution in [0.2, 0.25) is 0 Å². The number of fused-ring (bicyclic) bond motifs is 1. The minimum atomic E-state index is -0.979. The second-order valence-electron chi connectivity index (χ2n) is 5.81. The lowest BCUT2D eigenvalue weighted by molar-refractivity contribution is -0.127. The highest BCUT2D eigenvalue weighted by molar-refractivity contribution is 5.96. The number of nitrogens with zero attached hydrogens (tertiary/aromatic N) is 3. The van der Waals surface area contributed by atoms with Crippen LogP contribution in [-0.2, 0) is 9.53 Å². The number of aromatic nitrogens is 2. The summed E-state index contributed by atoms with van der Waals surface area (Å²) in [7, 11) is 1.43. The summed E-state index contributed by atoms with van der Waals surface area (Å²) >= 11 is 0. The van der Waals surface area contributed by atoms with Gasteiger partial charge in [0.2, 0.25) is 0 Å². The number of carbonyl (C=O) groups is 2. The number of halogens is 1. The van der Waals surface area contributed by atoms with Gasteiger partial charge < -0.3 is 14.5 Å². The van der Waals surface area contributed by atoms with Crippen molar-refractivity contribution < 1.29 is 23.1 Å². The third-order valence-electron chi connectivity index (χ3n) is 4.10. The summed E-state index contributed by atoms with van der Waals surface area (Å²) < 4.78 is 26.5. The van der Waals surface area contributed by atoms with Crippen molar-refractivity contribution in [1.82, 2.24) is 14.9 Å². The van der Waals surface area contributed by atoms with E-state index >= 15 is 0 Å². The van der Waals surface area contributed by atoms with Crippen LogP contribution < -0.4 is 15.6 Å². The molecule has 0 aliphatic carbocycles. The molecule has 10 heteroatoms. The van der Waals surface area contributed by atoms with E-state index in [-0.39, 0.29) is 34.8 Å². The van der Waals surface area contributed by atoms with Crippen LogP contribution in [0, 0.1) is 5.82 Å². The van der Waals surface area contributed by atoms with Gasteiger partial charge >= 0.3 is 12.1 Å². The van der Waals surface area contributed by atoms with Crippen LogP contribution in [0.4, 0.5) is 14.9 Å². The number of cyclic esters (lactones) is 1. The van der Waals surface area contributed by atoms with E-state index in [4.69, 9.17) is 9.15 Å². The van der Waals surface area contributed by atoms with Crippen molar-refractivity contribution in [2.75, 3.05) is 18.5 Å². The Morgan fingerprint density at radius 3 is 2.74 bits per heavy atom. The fourth-order valence-corrected chi connectivity index (χ4v) is 2.74. The van der Waals surface area contributed by atoms with Crippen molar-refractivity contribution in [3.63, 3.8) is 0 Å². The second kappa shape index (κ2) is 6.24. The van der Waals surface area contributed by atoms with Gasteiger partial charge in [-0.3, -0.25) is 19.1 Å². The zero-order chi connectivity index (χ0) is 19.1. The maximum absolute atomic E-state index is 14.5. The number of benzene rings is 1. The van der Waals surface area contributed by atoms with Crippen LogP contribution in [0.3, 0.4) is 0 Å². The summed E-state index contributed by atoms with van der Waals surface area (Å²) in [6, 6.07) is 5.25. The number of anilines is 1. The Kier molecular flexibility index (Phi) is 3.87. The predicted molar refractivity (Wildman–Crippen MR) is 91.2 cm³/mol. The summed E-state index contributed by atoms with van der Waals surface area (Å²) in [4.78, 5) is 40.1. The Hall–Kier alpha value is -3.69. The zero-order valence-electron chi connectivity index (χ0n) is 14.0. The standard InChI is InChI=1S/C17H13FN4O5/c1-19-15(24)13-8-22(17(25)27-13)9-6-11(18)14-12(7-9)26-16(20-14)21-4-2-10(23)3-5-21/h2-7,13H,8H2,1H3,(H,19,24)/t13-/m1/s1. The quantitative estimate of drug-likeness (QED) is 0.740. The Balaban J connectivity index is 1.71. The average Bonchev–Trinajstić information content (AvgIpc) is 3.25. The number of carbonyl (C=O) groups excluding carboxylic acids is 2. The fraction of sp³-hybridized carbons (Fsp3) is 0.176. The monoisotopic (exact) mass is 372 g/mol. The fourth-order valence-electron chi connectivity index (χ4n) is 2.74. The Labute approximate surface area is 151 Å². The number of oxazole rings is 1. The van der Waals surface area contributed by atoms with E-state index in [0.29, 0.717) is 0 Å². The molecule has 1 aromatic carbocycles. The molecule has 0 radical (unpaired) electrons. The molecule has 1 fully saturated rings. The zero-order valence-corrected chi connectivity index (χ0v) is 14.0. The highest BCUT2D eigenvalue weighted by atomic mass is 19.1. The van der Waals surface area contributed by atoms with Crippen LogP contribution in [0.5, 0.6) is 0 Å². The number of hydrogen-bond donors (Lipinski definition) is 1. The first-order valence-corrected chi connectivity index (χ1v) is 7.95. The molecule has 2 amide bonds. The van der Waals surface area contributed by atoms with E-state index in [0.717, 1.165) is 11.0 Å². The second-order valence-corrected chi connectivity index (χ2v) is 5.81. The van der Waals surface area contributed by atoms with Crippen molar-refractivity contribution >= 4 is 28.8 Å². The summed E-state index contributed by atoms with van der Waals surface area (Å²) in [6.07, 6.45) is 1.14. The maximum Gasteiger partial charge on any atom is 0.415 e. The van der Waals surface area contributed by atoms with Crippen molar-refractivity contribution in [1.29, 1.82) is 0 Å². The predicted octanol–water partition coefficient (Wildman–Crippen LogP) is 1.19. The molecular formula is C17H13FN4O5. The Bertz CT molecular complexity index is 1100. The molecule has 1 aliphatic rings. The molecule has 2 aromatic heterocycles. The first-order valence-electron chi connectivity index (χ1n) is 7.95. The SMILES string of the molecule is CNC(=O)[C@H]1CN(c2cc(F)c3nc(-n4ccc(=O)cc4)oc3c2)C(=O)O1. The first kappa shape index (κ1) is 16.8. The lowest BCUT2D eigenvalue weighted by Crippen LogP contribution is -2.35. The molecule has 1 N–H and O–H groups in total. The van der Waals surface area contributed by atoms with Gasteiger partial charge in [0, 0.05) is 43.7 Å². The Morgan fingerprint density at radius 2 is 2.04 bits per heavy atom. The number of nitrogens with one attached hydrogen (secondary N) is 1. The van der Waals surface area contributed by atoms with Crippen LogP contribution in [0.15, 0.2) is 45.9 Å². The van der Waals surface area contributed by atoms with Crippen LogP contribution in [-0.4, -0.2) is 41.2 Å². The number of pyridine rings is 1. The molecule has 138 valence electrons. The van der Waals surface area contributed by atoms with Crippen molar-refractivity contribution in [3.8, 4) is 6.01 Å². The normalized spacial score (nSPS) is 16.6.